The van der Waals surface area contributed by atoms with Gasteiger partial charge in [-0.05, 0) is 57.2 Å². The molecule has 2 aliphatic heterocycles. The summed E-state index contributed by atoms with van der Waals surface area (Å²) in [5, 5.41) is 0.837. The standard InChI is InChI=1S/C24H30FN7OS/c1-34-24-29-21-19(25)3-2-4-20(21)32(24)18-7-11-31(12-8-18)22(33)17-5-9-30(10-6-17)15-16-13-27-23(26)28-14-16/h2-4,13-14,17-18H,5-12,15H2,1H3,(H2,26,27,28). The Morgan fingerprint density at radius 1 is 1.12 bits per heavy atom. The van der Waals surface area contributed by atoms with Crippen molar-refractivity contribution in [3.05, 3.63) is 42.0 Å². The molecule has 0 atom stereocenters. The van der Waals surface area contributed by atoms with E-state index in [1.807, 2.05) is 17.2 Å². The van der Waals surface area contributed by atoms with Gasteiger partial charge in [0.2, 0.25) is 11.9 Å². The number of aromatic nitrogens is 4. The lowest BCUT2D eigenvalue weighted by molar-refractivity contribution is -0.138. The van der Waals surface area contributed by atoms with Crippen molar-refractivity contribution in [2.45, 2.75) is 43.4 Å². The Kier molecular flexibility index (Phi) is 6.69. The molecule has 34 heavy (non-hydrogen) atoms. The van der Waals surface area contributed by atoms with Crippen molar-refractivity contribution in [2.24, 2.45) is 5.92 Å². The van der Waals surface area contributed by atoms with Gasteiger partial charge in [0.25, 0.3) is 0 Å². The summed E-state index contributed by atoms with van der Waals surface area (Å²) in [5.74, 6) is 0.366. The molecule has 10 heteroatoms. The predicted molar refractivity (Wildman–Crippen MR) is 131 cm³/mol. The monoisotopic (exact) mass is 483 g/mol. The largest absolute Gasteiger partial charge is 0.368 e. The van der Waals surface area contributed by atoms with Crippen LogP contribution in [0.25, 0.3) is 11.0 Å². The number of likely N-dealkylation sites (tertiary alicyclic amines) is 2. The molecule has 2 saturated heterocycles. The van der Waals surface area contributed by atoms with E-state index in [4.69, 9.17) is 5.73 Å². The minimum atomic E-state index is -0.283. The Hall–Kier alpha value is -2.72. The number of hydrogen-bond acceptors (Lipinski definition) is 7. The number of hydrogen-bond donors (Lipinski definition) is 1. The van der Waals surface area contributed by atoms with Crippen LogP contribution in [0.4, 0.5) is 10.3 Å². The Bertz CT molecular complexity index is 1150. The van der Waals surface area contributed by atoms with Crippen molar-refractivity contribution < 1.29 is 9.18 Å². The van der Waals surface area contributed by atoms with Gasteiger partial charge in [0, 0.05) is 49.6 Å². The number of nitrogens with two attached hydrogens (primary N) is 1. The zero-order valence-corrected chi connectivity index (χ0v) is 20.2. The third-order valence-corrected chi connectivity index (χ3v) is 7.68. The number of piperidine rings is 2. The molecule has 1 amide bonds. The van der Waals surface area contributed by atoms with E-state index in [-0.39, 0.29) is 29.6 Å². The number of benzene rings is 1. The van der Waals surface area contributed by atoms with Gasteiger partial charge in [0.15, 0.2) is 11.0 Å². The van der Waals surface area contributed by atoms with Crippen LogP contribution < -0.4 is 5.73 Å². The van der Waals surface area contributed by atoms with E-state index in [1.54, 1.807) is 30.2 Å². The van der Waals surface area contributed by atoms with E-state index < -0.39 is 0 Å². The molecule has 2 N–H and O–H groups in total. The highest BCUT2D eigenvalue weighted by Gasteiger charge is 2.32. The maximum Gasteiger partial charge on any atom is 0.225 e. The van der Waals surface area contributed by atoms with Crippen LogP contribution in [0, 0.1) is 11.7 Å². The summed E-state index contributed by atoms with van der Waals surface area (Å²) in [6.45, 7) is 4.02. The minimum absolute atomic E-state index is 0.0837. The fraction of sp³-hybridized carbons (Fsp3) is 0.500. The van der Waals surface area contributed by atoms with E-state index in [0.717, 1.165) is 74.6 Å². The first-order valence-electron chi connectivity index (χ1n) is 11.8. The van der Waals surface area contributed by atoms with Crippen LogP contribution in [0.15, 0.2) is 35.7 Å². The number of imidazole rings is 1. The van der Waals surface area contributed by atoms with Crippen LogP contribution in [0.2, 0.25) is 0 Å². The maximum atomic E-state index is 14.3. The lowest BCUT2D eigenvalue weighted by atomic mass is 9.93. The smallest absolute Gasteiger partial charge is 0.225 e. The first kappa shape index (κ1) is 23.0. The van der Waals surface area contributed by atoms with Crippen molar-refractivity contribution in [3.8, 4) is 0 Å². The van der Waals surface area contributed by atoms with E-state index >= 15 is 0 Å². The molecule has 4 heterocycles. The molecule has 180 valence electrons. The number of carbonyl (C=O) groups excluding carboxylic acids is 1. The van der Waals surface area contributed by atoms with Crippen LogP contribution in [-0.4, -0.2) is 67.7 Å². The average Bonchev–Trinajstić information content (AvgIpc) is 3.26. The second-order valence-electron chi connectivity index (χ2n) is 9.13. The van der Waals surface area contributed by atoms with Gasteiger partial charge in [-0.15, -0.1) is 0 Å². The molecule has 5 rings (SSSR count). The number of thioether (sulfide) groups is 1. The van der Waals surface area contributed by atoms with Gasteiger partial charge in [-0.2, -0.15) is 0 Å². The average molecular weight is 484 g/mol. The molecule has 0 spiro atoms. The number of rotatable bonds is 5. The van der Waals surface area contributed by atoms with Crippen LogP contribution in [0.1, 0.15) is 37.3 Å². The fourth-order valence-corrected chi connectivity index (χ4v) is 5.83. The van der Waals surface area contributed by atoms with Crippen molar-refractivity contribution >= 4 is 34.7 Å². The first-order valence-corrected chi connectivity index (χ1v) is 13.0. The highest BCUT2D eigenvalue weighted by molar-refractivity contribution is 7.98. The fourth-order valence-electron chi connectivity index (χ4n) is 5.20. The van der Waals surface area contributed by atoms with Crippen LogP contribution in [-0.2, 0) is 11.3 Å². The molecule has 0 bridgehead atoms. The predicted octanol–water partition coefficient (Wildman–Crippen LogP) is 3.35. The number of para-hydroxylation sites is 1. The van der Waals surface area contributed by atoms with Crippen molar-refractivity contribution in [3.63, 3.8) is 0 Å². The summed E-state index contributed by atoms with van der Waals surface area (Å²) < 4.78 is 16.4. The molecule has 2 aromatic heterocycles. The number of carbonyl (C=O) groups is 1. The van der Waals surface area contributed by atoms with Gasteiger partial charge < -0.3 is 15.2 Å². The molecule has 1 aromatic carbocycles. The minimum Gasteiger partial charge on any atom is -0.368 e. The Morgan fingerprint density at radius 3 is 2.50 bits per heavy atom. The second-order valence-corrected chi connectivity index (χ2v) is 9.91. The van der Waals surface area contributed by atoms with Gasteiger partial charge in [-0.3, -0.25) is 9.69 Å². The zero-order valence-electron chi connectivity index (χ0n) is 19.4. The highest BCUT2D eigenvalue weighted by Crippen LogP contribution is 2.34. The summed E-state index contributed by atoms with van der Waals surface area (Å²) in [6, 6.07) is 5.36. The molecular weight excluding hydrogens is 453 g/mol. The number of halogens is 1. The van der Waals surface area contributed by atoms with Crippen LogP contribution in [0.3, 0.4) is 0 Å². The third kappa shape index (κ3) is 4.61. The number of anilines is 1. The van der Waals surface area contributed by atoms with E-state index in [0.29, 0.717) is 5.52 Å². The zero-order chi connectivity index (χ0) is 23.7. The number of nitrogens with zero attached hydrogens (tertiary/aromatic N) is 6. The maximum absolute atomic E-state index is 14.3. The molecule has 2 aliphatic rings. The van der Waals surface area contributed by atoms with Crippen LogP contribution >= 0.6 is 11.8 Å². The van der Waals surface area contributed by atoms with Gasteiger partial charge >= 0.3 is 0 Å². The summed E-state index contributed by atoms with van der Waals surface area (Å²) in [5.41, 5.74) is 7.88. The van der Waals surface area contributed by atoms with E-state index in [2.05, 4.69) is 24.4 Å². The SMILES string of the molecule is CSc1nc2c(F)cccc2n1C1CCN(C(=O)C2CCN(Cc3cnc(N)nc3)CC2)CC1. The quantitative estimate of drug-likeness (QED) is 0.556. The number of nitrogen functional groups attached to an aromatic ring is 1. The molecular formula is C24H30FN7OS. The van der Waals surface area contributed by atoms with Crippen molar-refractivity contribution in [2.75, 3.05) is 38.2 Å². The molecule has 0 radical (unpaired) electrons. The first-order chi connectivity index (χ1) is 16.5. The summed E-state index contributed by atoms with van der Waals surface area (Å²) in [4.78, 5) is 30.3. The van der Waals surface area contributed by atoms with Gasteiger partial charge in [0.05, 0.1) is 5.52 Å². The number of amides is 1. The number of fused-ring (bicyclic) bond motifs is 1. The Labute approximate surface area is 202 Å². The van der Waals surface area contributed by atoms with E-state index in [1.165, 1.54) is 6.07 Å². The lowest BCUT2D eigenvalue weighted by Crippen LogP contribution is -2.45. The topological polar surface area (TPSA) is 93.2 Å². The van der Waals surface area contributed by atoms with Crippen molar-refractivity contribution in [1.29, 1.82) is 0 Å². The molecule has 0 aliphatic carbocycles. The van der Waals surface area contributed by atoms with E-state index in [9.17, 15) is 9.18 Å². The Balaban J connectivity index is 1.17. The normalized spacial score (nSPS) is 18.6. The summed E-state index contributed by atoms with van der Waals surface area (Å²) in [7, 11) is 0. The molecule has 2 fully saturated rings. The third-order valence-electron chi connectivity index (χ3n) is 7.03. The highest BCUT2D eigenvalue weighted by atomic mass is 32.2. The molecule has 3 aromatic rings. The molecule has 0 unspecified atom stereocenters. The molecule has 0 saturated carbocycles. The van der Waals surface area contributed by atoms with Crippen LogP contribution in [0.5, 0.6) is 0 Å². The van der Waals surface area contributed by atoms with Crippen molar-refractivity contribution in [1.82, 2.24) is 29.3 Å². The molecule has 8 nitrogen and oxygen atoms in total. The second kappa shape index (κ2) is 9.87. The summed E-state index contributed by atoms with van der Waals surface area (Å²) >= 11 is 1.54. The lowest BCUT2D eigenvalue weighted by Gasteiger charge is -2.38. The van der Waals surface area contributed by atoms with Gasteiger partial charge in [0.1, 0.15) is 5.52 Å². The summed E-state index contributed by atoms with van der Waals surface area (Å²) in [6.07, 6.45) is 8.97. The van der Waals surface area contributed by atoms with Gasteiger partial charge in [-0.1, -0.05) is 17.8 Å². The van der Waals surface area contributed by atoms with Gasteiger partial charge in [-0.25, -0.2) is 19.3 Å². The Morgan fingerprint density at radius 2 is 1.82 bits per heavy atom.